The van der Waals surface area contributed by atoms with Crippen molar-refractivity contribution >= 4 is 23.5 Å². The van der Waals surface area contributed by atoms with Crippen molar-refractivity contribution in [1.29, 1.82) is 0 Å². The molecule has 0 unspecified atom stereocenters. The van der Waals surface area contributed by atoms with Gasteiger partial charge in [0, 0.05) is 17.3 Å². The average molecular weight is 433 g/mol. The zero-order valence-corrected chi connectivity index (χ0v) is 17.8. The number of hydrogen-bond donors (Lipinski definition) is 1. The summed E-state index contributed by atoms with van der Waals surface area (Å²) >= 11 is 1.59. The van der Waals surface area contributed by atoms with Gasteiger partial charge in [-0.05, 0) is 41.8 Å². The Bertz CT molecular complexity index is 1200. The van der Waals surface area contributed by atoms with E-state index in [0.717, 1.165) is 21.8 Å². The second-order valence-corrected chi connectivity index (χ2v) is 7.41. The molecular formula is C23H20N4O3S. The van der Waals surface area contributed by atoms with Crippen molar-refractivity contribution in [1.82, 2.24) is 15.2 Å². The fraction of sp³-hybridized carbons (Fsp3) is 0.0870. The second-order valence-electron chi connectivity index (χ2n) is 6.46. The number of nitrogens with zero attached hydrogens (tertiary/aromatic N) is 3. The minimum absolute atomic E-state index is 0.356. The Hall–Kier alpha value is -3.91. The van der Waals surface area contributed by atoms with Crippen LogP contribution in [0.2, 0.25) is 0 Å². The Morgan fingerprint density at radius 2 is 1.87 bits per heavy atom. The summed E-state index contributed by atoms with van der Waals surface area (Å²) in [4.78, 5) is 13.5. The minimum Gasteiger partial charge on any atom is -0.493 e. The highest BCUT2D eigenvalue weighted by Crippen LogP contribution is 2.28. The molecular weight excluding hydrogens is 412 g/mol. The van der Waals surface area contributed by atoms with E-state index in [2.05, 4.69) is 10.5 Å². The SMILES string of the molecule is COc1ccc(C(=O)N/N=C/c2cn(-c3ccccc3)nc2-c2cccs2)cc1OC. The summed E-state index contributed by atoms with van der Waals surface area (Å²) in [5.41, 5.74) is 5.49. The molecule has 1 N–H and O–H groups in total. The fourth-order valence-electron chi connectivity index (χ4n) is 3.00. The third-order valence-corrected chi connectivity index (χ3v) is 5.41. The number of carbonyl (C=O) groups is 1. The maximum Gasteiger partial charge on any atom is 0.271 e. The van der Waals surface area contributed by atoms with E-state index in [1.165, 1.54) is 7.11 Å². The average Bonchev–Trinajstić information content (AvgIpc) is 3.49. The number of aromatic nitrogens is 2. The summed E-state index contributed by atoms with van der Waals surface area (Å²) in [6, 6.07) is 18.7. The fourth-order valence-corrected chi connectivity index (χ4v) is 3.73. The van der Waals surface area contributed by atoms with Crippen molar-refractivity contribution < 1.29 is 14.3 Å². The lowest BCUT2D eigenvalue weighted by molar-refractivity contribution is 0.0954. The summed E-state index contributed by atoms with van der Waals surface area (Å²) in [7, 11) is 3.07. The zero-order chi connectivity index (χ0) is 21.6. The molecule has 0 aliphatic carbocycles. The van der Waals surface area contributed by atoms with Crippen molar-refractivity contribution in [3.8, 4) is 27.8 Å². The number of methoxy groups -OCH3 is 2. The number of amides is 1. The molecule has 0 saturated carbocycles. The number of ether oxygens (including phenoxy) is 2. The Kier molecular flexibility index (Phi) is 6.09. The topological polar surface area (TPSA) is 77.7 Å². The van der Waals surface area contributed by atoms with E-state index >= 15 is 0 Å². The molecule has 0 bridgehead atoms. The number of hydrogen-bond acceptors (Lipinski definition) is 6. The highest BCUT2D eigenvalue weighted by Gasteiger charge is 2.13. The van der Waals surface area contributed by atoms with Gasteiger partial charge in [0.25, 0.3) is 5.91 Å². The molecule has 0 aliphatic rings. The van der Waals surface area contributed by atoms with Crippen LogP contribution in [0.3, 0.4) is 0 Å². The monoisotopic (exact) mass is 432 g/mol. The molecule has 0 fully saturated rings. The standard InChI is InChI=1S/C23H20N4O3S/c1-29-19-11-10-16(13-20(19)30-2)23(28)25-24-14-17-15-27(18-7-4-3-5-8-18)26-22(17)21-9-6-12-31-21/h3-15H,1-2H3,(H,25,28)/b24-14+. The lowest BCUT2D eigenvalue weighted by Gasteiger charge is -2.08. The predicted molar refractivity (Wildman–Crippen MR) is 121 cm³/mol. The molecule has 4 aromatic rings. The Morgan fingerprint density at radius 3 is 2.58 bits per heavy atom. The quantitative estimate of drug-likeness (QED) is 0.347. The number of nitrogens with one attached hydrogen (secondary N) is 1. The maximum atomic E-state index is 12.5. The molecule has 1 amide bonds. The second kappa shape index (κ2) is 9.27. The van der Waals surface area contributed by atoms with Crippen LogP contribution < -0.4 is 14.9 Å². The lowest BCUT2D eigenvalue weighted by atomic mass is 10.2. The summed E-state index contributed by atoms with van der Waals surface area (Å²) in [6.07, 6.45) is 3.48. The van der Waals surface area contributed by atoms with Crippen LogP contribution in [-0.2, 0) is 0 Å². The van der Waals surface area contributed by atoms with E-state index in [1.54, 1.807) is 47.5 Å². The van der Waals surface area contributed by atoms with Gasteiger partial charge in [-0.15, -0.1) is 11.3 Å². The van der Waals surface area contributed by atoms with E-state index in [1.807, 2.05) is 54.0 Å². The summed E-state index contributed by atoms with van der Waals surface area (Å²) in [5, 5.41) is 10.9. The van der Waals surface area contributed by atoms with Crippen molar-refractivity contribution in [2.75, 3.05) is 14.2 Å². The number of carbonyl (C=O) groups excluding carboxylic acids is 1. The van der Waals surface area contributed by atoms with Gasteiger partial charge in [-0.3, -0.25) is 4.79 Å². The minimum atomic E-state index is -0.356. The molecule has 0 atom stereocenters. The van der Waals surface area contributed by atoms with Gasteiger partial charge in [-0.2, -0.15) is 10.2 Å². The number of hydrazone groups is 1. The number of benzene rings is 2. The molecule has 7 nitrogen and oxygen atoms in total. The summed E-state index contributed by atoms with van der Waals surface area (Å²) < 4.78 is 12.3. The highest BCUT2D eigenvalue weighted by molar-refractivity contribution is 7.13. The van der Waals surface area contributed by atoms with Gasteiger partial charge >= 0.3 is 0 Å². The summed E-state index contributed by atoms with van der Waals surface area (Å²) in [5.74, 6) is 0.671. The first-order valence-electron chi connectivity index (χ1n) is 9.44. The van der Waals surface area contributed by atoms with Gasteiger partial charge in [-0.1, -0.05) is 24.3 Å². The number of para-hydroxylation sites is 1. The smallest absolute Gasteiger partial charge is 0.271 e. The molecule has 4 rings (SSSR count). The van der Waals surface area contributed by atoms with Crippen LogP contribution in [0.1, 0.15) is 15.9 Å². The van der Waals surface area contributed by atoms with Gasteiger partial charge in [0.15, 0.2) is 11.5 Å². The Morgan fingerprint density at radius 1 is 1.06 bits per heavy atom. The van der Waals surface area contributed by atoms with Crippen LogP contribution in [0.5, 0.6) is 11.5 Å². The zero-order valence-electron chi connectivity index (χ0n) is 17.0. The van der Waals surface area contributed by atoms with Crippen molar-refractivity contribution in [2.24, 2.45) is 5.10 Å². The van der Waals surface area contributed by atoms with E-state index < -0.39 is 0 Å². The van der Waals surface area contributed by atoms with Gasteiger partial charge < -0.3 is 9.47 Å². The first-order valence-corrected chi connectivity index (χ1v) is 10.3. The van der Waals surface area contributed by atoms with Crippen LogP contribution >= 0.6 is 11.3 Å². The summed E-state index contributed by atoms with van der Waals surface area (Å²) in [6.45, 7) is 0. The number of thiophene rings is 1. The first kappa shape index (κ1) is 20.4. The van der Waals surface area contributed by atoms with Gasteiger partial charge in [0.05, 0.1) is 31.0 Å². The van der Waals surface area contributed by atoms with Crippen LogP contribution in [0.4, 0.5) is 0 Å². The lowest BCUT2D eigenvalue weighted by Crippen LogP contribution is -2.17. The van der Waals surface area contributed by atoms with E-state index in [9.17, 15) is 4.79 Å². The first-order chi connectivity index (χ1) is 15.2. The molecule has 31 heavy (non-hydrogen) atoms. The normalized spacial score (nSPS) is 10.9. The molecule has 2 aromatic heterocycles. The van der Waals surface area contributed by atoms with Gasteiger partial charge in [0.2, 0.25) is 0 Å². The third kappa shape index (κ3) is 4.49. The molecule has 156 valence electrons. The molecule has 2 heterocycles. The molecule has 0 radical (unpaired) electrons. The Balaban J connectivity index is 1.57. The predicted octanol–water partition coefficient (Wildman–Crippen LogP) is 4.38. The maximum absolute atomic E-state index is 12.5. The van der Waals surface area contributed by atoms with E-state index in [-0.39, 0.29) is 5.91 Å². The molecule has 8 heteroatoms. The van der Waals surface area contributed by atoms with Crippen LogP contribution in [0.15, 0.2) is 77.3 Å². The van der Waals surface area contributed by atoms with E-state index in [4.69, 9.17) is 14.6 Å². The Labute approximate surface area is 183 Å². The van der Waals surface area contributed by atoms with Crippen molar-refractivity contribution in [3.63, 3.8) is 0 Å². The van der Waals surface area contributed by atoms with Crippen LogP contribution in [0, 0.1) is 0 Å². The highest BCUT2D eigenvalue weighted by atomic mass is 32.1. The number of rotatable bonds is 7. The molecule has 0 aliphatic heterocycles. The van der Waals surface area contributed by atoms with Crippen molar-refractivity contribution in [3.05, 3.63) is 83.4 Å². The van der Waals surface area contributed by atoms with Crippen LogP contribution in [-0.4, -0.2) is 36.1 Å². The third-order valence-electron chi connectivity index (χ3n) is 4.53. The van der Waals surface area contributed by atoms with Crippen molar-refractivity contribution in [2.45, 2.75) is 0 Å². The van der Waals surface area contributed by atoms with Gasteiger partial charge in [-0.25, -0.2) is 10.1 Å². The molecule has 0 spiro atoms. The largest absolute Gasteiger partial charge is 0.493 e. The van der Waals surface area contributed by atoms with E-state index in [0.29, 0.717) is 17.1 Å². The van der Waals surface area contributed by atoms with Crippen LogP contribution in [0.25, 0.3) is 16.3 Å². The molecule has 0 saturated heterocycles. The van der Waals surface area contributed by atoms with Gasteiger partial charge in [0.1, 0.15) is 5.69 Å². The molecule has 2 aromatic carbocycles.